The Morgan fingerprint density at radius 2 is 1.67 bits per heavy atom. The minimum atomic E-state index is -4.67. The average Bonchev–Trinajstić information content (AvgIpc) is 3.25. The van der Waals surface area contributed by atoms with Gasteiger partial charge in [-0.15, -0.1) is 10.2 Å². The van der Waals surface area contributed by atoms with E-state index in [-0.39, 0.29) is 18.2 Å². The van der Waals surface area contributed by atoms with Gasteiger partial charge in [0.25, 0.3) is 0 Å². The first kappa shape index (κ1) is 25.9. The number of aryl methyl sites for hydroxylation is 1. The van der Waals surface area contributed by atoms with Crippen molar-refractivity contribution in [1.82, 2.24) is 19.5 Å². The van der Waals surface area contributed by atoms with E-state index < -0.39 is 26.7 Å². The molecule has 0 aliphatic heterocycles. The molecule has 0 radical (unpaired) electrons. The number of sulfonamides is 1. The van der Waals surface area contributed by atoms with Crippen LogP contribution in [0.25, 0.3) is 5.69 Å². The minimum Gasteiger partial charge on any atom is -0.273 e. The Morgan fingerprint density at radius 1 is 0.972 bits per heavy atom. The van der Waals surface area contributed by atoms with Crippen molar-refractivity contribution < 1.29 is 26.0 Å². The van der Waals surface area contributed by atoms with E-state index in [0.29, 0.717) is 22.7 Å². The van der Waals surface area contributed by atoms with Gasteiger partial charge in [-0.2, -0.15) is 13.2 Å². The van der Waals surface area contributed by atoms with E-state index in [1.54, 1.807) is 16.7 Å². The average molecular weight is 537 g/mol. The SMILES string of the molecule is Cc1ccc(-n2c(CNS(=O)(=O)c3cccc(C(F)(F)F)c3)nnc2SCc2ccc(F)cc2)cc1. The number of hydrogen-bond acceptors (Lipinski definition) is 5. The van der Waals surface area contributed by atoms with Gasteiger partial charge >= 0.3 is 6.18 Å². The van der Waals surface area contributed by atoms with Crippen LogP contribution in [0.4, 0.5) is 17.6 Å². The van der Waals surface area contributed by atoms with E-state index in [1.807, 2.05) is 31.2 Å². The van der Waals surface area contributed by atoms with Gasteiger partial charge < -0.3 is 0 Å². The third-order valence-electron chi connectivity index (χ3n) is 5.17. The first-order chi connectivity index (χ1) is 17.0. The summed E-state index contributed by atoms with van der Waals surface area (Å²) < 4.78 is 81.8. The third-order valence-corrected chi connectivity index (χ3v) is 7.56. The summed E-state index contributed by atoms with van der Waals surface area (Å²) in [6.07, 6.45) is -4.67. The summed E-state index contributed by atoms with van der Waals surface area (Å²) in [5.41, 5.74) is 1.49. The van der Waals surface area contributed by atoms with Crippen LogP contribution in [0.2, 0.25) is 0 Å². The molecule has 0 spiro atoms. The zero-order valence-electron chi connectivity index (χ0n) is 18.8. The zero-order valence-corrected chi connectivity index (χ0v) is 20.5. The van der Waals surface area contributed by atoms with Crippen molar-refractivity contribution in [2.24, 2.45) is 0 Å². The van der Waals surface area contributed by atoms with E-state index in [9.17, 15) is 26.0 Å². The highest BCUT2D eigenvalue weighted by Crippen LogP contribution is 2.31. The van der Waals surface area contributed by atoms with Gasteiger partial charge in [0.05, 0.1) is 17.0 Å². The lowest BCUT2D eigenvalue weighted by atomic mass is 10.2. The van der Waals surface area contributed by atoms with Crippen LogP contribution in [0, 0.1) is 12.7 Å². The van der Waals surface area contributed by atoms with Crippen molar-refractivity contribution >= 4 is 21.8 Å². The Kier molecular flexibility index (Phi) is 7.48. The Hall–Kier alpha value is -3.22. The molecule has 3 aromatic carbocycles. The Balaban J connectivity index is 1.60. The second-order valence-corrected chi connectivity index (χ2v) is 10.5. The minimum absolute atomic E-state index is 0.246. The molecule has 0 unspecified atom stereocenters. The molecular formula is C24H20F4N4O2S2. The quantitative estimate of drug-likeness (QED) is 0.238. The molecule has 6 nitrogen and oxygen atoms in total. The Bertz CT molecular complexity index is 1450. The maximum absolute atomic E-state index is 13.2. The van der Waals surface area contributed by atoms with Crippen LogP contribution in [0.5, 0.6) is 0 Å². The fraction of sp³-hybridized carbons (Fsp3) is 0.167. The molecule has 1 heterocycles. The summed E-state index contributed by atoms with van der Waals surface area (Å²) in [7, 11) is -4.27. The van der Waals surface area contributed by atoms with E-state index in [1.165, 1.54) is 23.9 Å². The second-order valence-electron chi connectivity index (χ2n) is 7.84. The molecular weight excluding hydrogens is 516 g/mol. The van der Waals surface area contributed by atoms with Gasteiger partial charge in [0.1, 0.15) is 5.82 Å². The van der Waals surface area contributed by atoms with E-state index in [4.69, 9.17) is 0 Å². The van der Waals surface area contributed by atoms with Crippen LogP contribution in [0.15, 0.2) is 82.8 Å². The van der Waals surface area contributed by atoms with Crippen LogP contribution in [-0.4, -0.2) is 23.2 Å². The van der Waals surface area contributed by atoms with Gasteiger partial charge in [-0.05, 0) is 55.0 Å². The molecule has 0 saturated heterocycles. The standard InChI is InChI=1S/C24H20F4N4O2S2/c1-16-5-11-20(12-6-16)32-22(30-31-23(32)35-15-17-7-9-19(25)10-8-17)14-29-36(33,34)21-4-2-3-18(13-21)24(26,27)28/h2-13,29H,14-15H2,1H3. The summed E-state index contributed by atoms with van der Waals surface area (Å²) in [6.45, 7) is 1.61. The molecule has 4 rings (SSSR count). The number of nitrogens with zero attached hydrogens (tertiary/aromatic N) is 3. The van der Waals surface area contributed by atoms with Gasteiger partial charge in [-0.3, -0.25) is 4.57 Å². The van der Waals surface area contributed by atoms with E-state index >= 15 is 0 Å². The van der Waals surface area contributed by atoms with Crippen LogP contribution in [0.3, 0.4) is 0 Å². The maximum Gasteiger partial charge on any atom is 0.416 e. The normalized spacial score (nSPS) is 12.1. The van der Waals surface area contributed by atoms with Crippen LogP contribution < -0.4 is 4.72 Å². The molecule has 0 atom stereocenters. The number of aromatic nitrogens is 3. The summed E-state index contributed by atoms with van der Waals surface area (Å²) >= 11 is 1.32. The predicted molar refractivity (Wildman–Crippen MR) is 128 cm³/mol. The maximum atomic E-state index is 13.2. The highest BCUT2D eigenvalue weighted by molar-refractivity contribution is 7.98. The topological polar surface area (TPSA) is 76.9 Å². The number of benzene rings is 3. The molecule has 0 aliphatic carbocycles. The van der Waals surface area contributed by atoms with Gasteiger partial charge in [-0.1, -0.05) is 47.7 Å². The molecule has 0 amide bonds. The molecule has 0 fully saturated rings. The lowest BCUT2D eigenvalue weighted by molar-refractivity contribution is -0.137. The molecule has 0 aliphatic rings. The highest BCUT2D eigenvalue weighted by Gasteiger charge is 2.31. The number of hydrogen-bond donors (Lipinski definition) is 1. The number of alkyl halides is 3. The van der Waals surface area contributed by atoms with Gasteiger partial charge in [0.2, 0.25) is 10.0 Å². The first-order valence-electron chi connectivity index (χ1n) is 10.6. The molecule has 0 saturated carbocycles. The summed E-state index contributed by atoms with van der Waals surface area (Å²) in [5, 5.41) is 8.77. The van der Waals surface area contributed by atoms with Gasteiger partial charge in [0.15, 0.2) is 11.0 Å². The van der Waals surface area contributed by atoms with E-state index in [2.05, 4.69) is 14.9 Å². The van der Waals surface area contributed by atoms with Crippen molar-refractivity contribution in [2.45, 2.75) is 35.4 Å². The molecule has 1 N–H and O–H groups in total. The summed E-state index contributed by atoms with van der Waals surface area (Å²) in [6, 6.07) is 16.9. The zero-order chi connectivity index (χ0) is 25.9. The van der Waals surface area contributed by atoms with Crippen molar-refractivity contribution in [3.8, 4) is 5.69 Å². The predicted octanol–water partition coefficient (Wildman–Crippen LogP) is 5.50. The van der Waals surface area contributed by atoms with Crippen LogP contribution >= 0.6 is 11.8 Å². The fourth-order valence-electron chi connectivity index (χ4n) is 3.27. The van der Waals surface area contributed by atoms with Crippen molar-refractivity contribution in [1.29, 1.82) is 0 Å². The van der Waals surface area contributed by atoms with Crippen molar-refractivity contribution in [3.05, 3.63) is 101 Å². The second kappa shape index (κ2) is 10.4. The number of halogens is 4. The number of thioether (sulfide) groups is 1. The molecule has 12 heteroatoms. The van der Waals surface area contributed by atoms with Crippen LogP contribution in [-0.2, 0) is 28.5 Å². The largest absolute Gasteiger partial charge is 0.416 e. The molecule has 0 bridgehead atoms. The lowest BCUT2D eigenvalue weighted by Gasteiger charge is -2.12. The smallest absolute Gasteiger partial charge is 0.273 e. The molecule has 188 valence electrons. The van der Waals surface area contributed by atoms with Crippen molar-refractivity contribution in [2.75, 3.05) is 0 Å². The number of nitrogens with one attached hydrogen (secondary N) is 1. The third kappa shape index (κ3) is 6.12. The van der Waals surface area contributed by atoms with Crippen molar-refractivity contribution in [3.63, 3.8) is 0 Å². The molecule has 1 aromatic heterocycles. The Labute approximate surface area is 209 Å². The summed E-state index contributed by atoms with van der Waals surface area (Å²) in [4.78, 5) is -0.510. The highest BCUT2D eigenvalue weighted by atomic mass is 32.2. The van der Waals surface area contributed by atoms with Crippen LogP contribution in [0.1, 0.15) is 22.5 Å². The number of rotatable bonds is 8. The lowest BCUT2D eigenvalue weighted by Crippen LogP contribution is -2.25. The first-order valence-corrected chi connectivity index (χ1v) is 13.1. The van der Waals surface area contributed by atoms with Gasteiger partial charge in [0, 0.05) is 11.4 Å². The Morgan fingerprint density at radius 3 is 2.33 bits per heavy atom. The fourth-order valence-corrected chi connectivity index (χ4v) is 5.22. The molecule has 4 aromatic rings. The van der Waals surface area contributed by atoms with Gasteiger partial charge in [-0.25, -0.2) is 17.5 Å². The van der Waals surface area contributed by atoms with E-state index in [0.717, 1.165) is 29.3 Å². The monoisotopic (exact) mass is 536 g/mol. The molecule has 36 heavy (non-hydrogen) atoms. The summed E-state index contributed by atoms with van der Waals surface area (Å²) in [5.74, 6) is 0.359.